The summed E-state index contributed by atoms with van der Waals surface area (Å²) in [5.74, 6) is 1.78. The molecule has 3 rings (SSSR count). The molecule has 2 aromatic rings. The van der Waals surface area contributed by atoms with Gasteiger partial charge in [-0.2, -0.15) is 0 Å². The number of hydrogen-bond acceptors (Lipinski definition) is 2. The van der Waals surface area contributed by atoms with Crippen LogP contribution in [0.1, 0.15) is 45.1 Å². The van der Waals surface area contributed by atoms with Gasteiger partial charge in [-0.15, -0.1) is 10.2 Å². The summed E-state index contributed by atoms with van der Waals surface area (Å²) in [6, 6.07) is 10.6. The second-order valence-corrected chi connectivity index (χ2v) is 5.95. The van der Waals surface area contributed by atoms with Crippen LogP contribution in [-0.2, 0) is 0 Å². The molecule has 0 radical (unpaired) electrons. The molecule has 1 aromatic carbocycles. The number of hydrogen-bond donors (Lipinski definition) is 0. The normalized spacial score (nSPS) is 22.9. The first kappa shape index (κ1) is 13.6. The van der Waals surface area contributed by atoms with Crippen molar-refractivity contribution in [2.24, 2.45) is 5.92 Å². The Morgan fingerprint density at radius 3 is 2.45 bits per heavy atom. The van der Waals surface area contributed by atoms with Crippen LogP contribution in [-0.4, -0.2) is 14.8 Å². The van der Waals surface area contributed by atoms with E-state index < -0.39 is 0 Å². The summed E-state index contributed by atoms with van der Waals surface area (Å²) in [5, 5.41) is 8.88. The van der Waals surface area contributed by atoms with Gasteiger partial charge in [-0.25, -0.2) is 0 Å². The van der Waals surface area contributed by atoms with Crippen molar-refractivity contribution < 1.29 is 0 Å². The Kier molecular flexibility index (Phi) is 4.06. The average Bonchev–Trinajstić information content (AvgIpc) is 2.90. The third-order valence-corrected chi connectivity index (χ3v) is 4.70. The molecule has 0 atom stereocenters. The summed E-state index contributed by atoms with van der Waals surface area (Å²) in [7, 11) is 0. The van der Waals surface area contributed by atoms with E-state index in [2.05, 4.69) is 33.8 Å². The number of halogens is 1. The molecule has 0 bridgehead atoms. The maximum absolute atomic E-state index is 6.29. The van der Waals surface area contributed by atoms with Gasteiger partial charge in [-0.1, -0.05) is 43.7 Å². The number of nitrogens with zero attached hydrogens (tertiary/aromatic N) is 3. The molecule has 0 unspecified atom stereocenters. The van der Waals surface area contributed by atoms with Crippen LogP contribution in [0.5, 0.6) is 0 Å². The molecular weight excluding hydrogens is 270 g/mol. The molecule has 20 heavy (non-hydrogen) atoms. The Morgan fingerprint density at radius 1 is 1.10 bits per heavy atom. The van der Waals surface area contributed by atoms with E-state index in [1.54, 1.807) is 0 Å². The lowest BCUT2D eigenvalue weighted by molar-refractivity contribution is 0.270. The Hall–Kier alpha value is -1.35. The minimum Gasteiger partial charge on any atom is -0.295 e. The maximum Gasteiger partial charge on any atom is 0.225 e. The molecule has 1 aromatic heterocycles. The molecule has 0 amide bonds. The predicted octanol–water partition coefficient (Wildman–Crippen LogP) is 4.74. The van der Waals surface area contributed by atoms with Crippen molar-refractivity contribution in [1.82, 2.24) is 14.8 Å². The summed E-state index contributed by atoms with van der Waals surface area (Å²) in [6.45, 7) is 2.28. The van der Waals surface area contributed by atoms with Gasteiger partial charge in [0.2, 0.25) is 5.28 Å². The molecule has 3 nitrogen and oxygen atoms in total. The lowest BCUT2D eigenvalue weighted by Crippen LogP contribution is -2.18. The summed E-state index contributed by atoms with van der Waals surface area (Å²) in [5.41, 5.74) is 1.09. The molecule has 0 saturated heterocycles. The van der Waals surface area contributed by atoms with E-state index in [0.29, 0.717) is 11.3 Å². The third-order valence-electron chi connectivity index (χ3n) is 4.44. The Labute approximate surface area is 125 Å². The fourth-order valence-corrected chi connectivity index (χ4v) is 3.45. The summed E-state index contributed by atoms with van der Waals surface area (Å²) >= 11 is 6.29. The van der Waals surface area contributed by atoms with Crippen LogP contribution in [0.15, 0.2) is 30.3 Å². The quantitative estimate of drug-likeness (QED) is 0.817. The summed E-state index contributed by atoms with van der Waals surface area (Å²) in [6.07, 6.45) is 6.20. The fourth-order valence-electron chi connectivity index (χ4n) is 3.19. The van der Waals surface area contributed by atoms with Gasteiger partial charge < -0.3 is 0 Å². The van der Waals surface area contributed by atoms with Crippen molar-refractivity contribution in [3.8, 4) is 11.4 Å². The first-order valence-electron chi connectivity index (χ1n) is 7.45. The molecule has 1 fully saturated rings. The predicted molar refractivity (Wildman–Crippen MR) is 81.8 cm³/mol. The molecule has 0 spiro atoms. The lowest BCUT2D eigenvalue weighted by Gasteiger charge is -2.29. The van der Waals surface area contributed by atoms with Crippen molar-refractivity contribution in [3.63, 3.8) is 0 Å². The van der Waals surface area contributed by atoms with Gasteiger partial charge in [0, 0.05) is 11.6 Å². The first-order valence-corrected chi connectivity index (χ1v) is 7.83. The van der Waals surface area contributed by atoms with E-state index in [9.17, 15) is 0 Å². The molecule has 106 valence electrons. The van der Waals surface area contributed by atoms with Gasteiger partial charge in [0.1, 0.15) is 0 Å². The highest BCUT2D eigenvalue weighted by atomic mass is 35.5. The van der Waals surface area contributed by atoms with Gasteiger partial charge in [0.15, 0.2) is 5.82 Å². The minimum absolute atomic E-state index is 0.440. The smallest absolute Gasteiger partial charge is 0.225 e. The molecular formula is C16H20ClN3. The van der Waals surface area contributed by atoms with Gasteiger partial charge in [-0.3, -0.25) is 4.57 Å². The van der Waals surface area contributed by atoms with Crippen molar-refractivity contribution in [1.29, 1.82) is 0 Å². The largest absolute Gasteiger partial charge is 0.295 e. The first-order chi connectivity index (χ1) is 9.79. The summed E-state index contributed by atoms with van der Waals surface area (Å²) < 4.78 is 2.13. The molecule has 1 aliphatic rings. The van der Waals surface area contributed by atoms with E-state index in [0.717, 1.165) is 17.3 Å². The highest BCUT2D eigenvalue weighted by Crippen LogP contribution is 2.37. The van der Waals surface area contributed by atoms with Crippen LogP contribution in [0, 0.1) is 5.92 Å². The van der Waals surface area contributed by atoms with E-state index in [1.807, 2.05) is 18.2 Å². The summed E-state index contributed by atoms with van der Waals surface area (Å²) in [4.78, 5) is 0. The maximum atomic E-state index is 6.29. The SMILES string of the molecule is CCC1CCC(n2c(Cl)nnc2-c2ccccc2)CC1. The highest BCUT2D eigenvalue weighted by molar-refractivity contribution is 6.28. The molecule has 1 saturated carbocycles. The second kappa shape index (κ2) is 5.96. The van der Waals surface area contributed by atoms with Crippen LogP contribution in [0.25, 0.3) is 11.4 Å². The van der Waals surface area contributed by atoms with Crippen LogP contribution in [0.4, 0.5) is 0 Å². The average molecular weight is 290 g/mol. The van der Waals surface area contributed by atoms with Crippen molar-refractivity contribution in [3.05, 3.63) is 35.6 Å². The topological polar surface area (TPSA) is 30.7 Å². The Bertz CT molecular complexity index is 556. The standard InChI is InChI=1S/C16H20ClN3/c1-2-12-8-10-14(11-9-12)20-15(18-19-16(20)17)13-6-4-3-5-7-13/h3-7,12,14H,2,8-11H2,1H3. The van der Waals surface area contributed by atoms with Crippen LogP contribution in [0.3, 0.4) is 0 Å². The minimum atomic E-state index is 0.440. The molecule has 1 aliphatic carbocycles. The van der Waals surface area contributed by atoms with E-state index in [-0.39, 0.29) is 0 Å². The lowest BCUT2D eigenvalue weighted by atomic mass is 9.84. The fraction of sp³-hybridized carbons (Fsp3) is 0.500. The molecule has 4 heteroatoms. The van der Waals surface area contributed by atoms with Crippen molar-refractivity contribution >= 4 is 11.6 Å². The van der Waals surface area contributed by atoms with Crippen LogP contribution < -0.4 is 0 Å². The Balaban J connectivity index is 1.89. The number of benzene rings is 1. The second-order valence-electron chi connectivity index (χ2n) is 5.61. The highest BCUT2D eigenvalue weighted by Gasteiger charge is 2.25. The third kappa shape index (κ3) is 2.59. The van der Waals surface area contributed by atoms with Gasteiger partial charge in [-0.05, 0) is 43.2 Å². The number of aromatic nitrogens is 3. The zero-order valence-corrected chi connectivity index (χ0v) is 12.6. The molecule has 1 heterocycles. The van der Waals surface area contributed by atoms with Crippen LogP contribution >= 0.6 is 11.6 Å². The monoisotopic (exact) mass is 289 g/mol. The molecule has 0 N–H and O–H groups in total. The van der Waals surface area contributed by atoms with E-state index in [1.165, 1.54) is 32.1 Å². The van der Waals surface area contributed by atoms with Gasteiger partial charge >= 0.3 is 0 Å². The van der Waals surface area contributed by atoms with E-state index >= 15 is 0 Å². The van der Waals surface area contributed by atoms with E-state index in [4.69, 9.17) is 11.6 Å². The van der Waals surface area contributed by atoms with Crippen molar-refractivity contribution in [2.75, 3.05) is 0 Å². The van der Waals surface area contributed by atoms with Gasteiger partial charge in [0.25, 0.3) is 0 Å². The zero-order chi connectivity index (χ0) is 13.9. The zero-order valence-electron chi connectivity index (χ0n) is 11.8. The van der Waals surface area contributed by atoms with Gasteiger partial charge in [0.05, 0.1) is 0 Å². The van der Waals surface area contributed by atoms with Crippen LogP contribution in [0.2, 0.25) is 5.28 Å². The van der Waals surface area contributed by atoms with Crippen molar-refractivity contribution in [2.45, 2.75) is 45.1 Å². The number of rotatable bonds is 3. The molecule has 0 aliphatic heterocycles. The Morgan fingerprint density at radius 2 is 1.80 bits per heavy atom.